The number of nitrogens with two attached hydrogens (primary N) is 1. The highest BCUT2D eigenvalue weighted by Crippen LogP contribution is 2.02. The summed E-state index contributed by atoms with van der Waals surface area (Å²) in [6.45, 7) is 4.69. The molecule has 3 nitrogen and oxygen atoms in total. The van der Waals surface area contributed by atoms with E-state index in [2.05, 4.69) is 41.2 Å². The first-order valence-corrected chi connectivity index (χ1v) is 5.67. The maximum absolute atomic E-state index is 5.47. The van der Waals surface area contributed by atoms with Crippen LogP contribution in [0.25, 0.3) is 0 Å². The molecule has 0 bridgehead atoms. The Hall–Kier alpha value is -1.35. The first-order valence-electron chi connectivity index (χ1n) is 5.67. The number of rotatable bonds is 6. The van der Waals surface area contributed by atoms with E-state index in [0.29, 0.717) is 5.84 Å². The SMILES string of the molecule is CC(N)=NCCCN(C)Cc1ccccc1. The van der Waals surface area contributed by atoms with Gasteiger partial charge in [0, 0.05) is 13.1 Å². The van der Waals surface area contributed by atoms with Crippen molar-refractivity contribution in [2.24, 2.45) is 10.7 Å². The molecule has 3 heteroatoms. The Labute approximate surface area is 98.0 Å². The fourth-order valence-electron chi connectivity index (χ4n) is 1.57. The van der Waals surface area contributed by atoms with E-state index in [0.717, 1.165) is 26.1 Å². The van der Waals surface area contributed by atoms with Gasteiger partial charge in [0.1, 0.15) is 0 Å². The fraction of sp³-hybridized carbons (Fsp3) is 0.462. The number of hydrogen-bond acceptors (Lipinski definition) is 2. The maximum Gasteiger partial charge on any atom is 0.0905 e. The number of nitrogens with zero attached hydrogens (tertiary/aromatic N) is 2. The third-order valence-corrected chi connectivity index (χ3v) is 2.35. The molecule has 1 rings (SSSR count). The lowest BCUT2D eigenvalue weighted by Gasteiger charge is -2.15. The Morgan fingerprint density at radius 3 is 2.62 bits per heavy atom. The van der Waals surface area contributed by atoms with Crippen molar-refractivity contribution in [2.75, 3.05) is 20.1 Å². The van der Waals surface area contributed by atoms with E-state index >= 15 is 0 Å². The van der Waals surface area contributed by atoms with Crippen molar-refractivity contribution in [2.45, 2.75) is 19.9 Å². The third kappa shape index (κ3) is 5.51. The molecule has 0 aliphatic carbocycles. The molecule has 0 saturated carbocycles. The van der Waals surface area contributed by atoms with Gasteiger partial charge >= 0.3 is 0 Å². The predicted molar refractivity (Wildman–Crippen MR) is 69.6 cm³/mol. The van der Waals surface area contributed by atoms with Gasteiger partial charge in [0.05, 0.1) is 5.84 Å². The van der Waals surface area contributed by atoms with Crippen molar-refractivity contribution in [1.29, 1.82) is 0 Å². The Morgan fingerprint density at radius 2 is 2.00 bits per heavy atom. The normalized spacial score (nSPS) is 12.1. The smallest absolute Gasteiger partial charge is 0.0905 e. The first kappa shape index (κ1) is 12.7. The number of benzene rings is 1. The molecule has 0 spiro atoms. The molecule has 0 radical (unpaired) electrons. The van der Waals surface area contributed by atoms with Crippen LogP contribution in [-0.4, -0.2) is 30.9 Å². The molecule has 0 fully saturated rings. The predicted octanol–water partition coefficient (Wildman–Crippen LogP) is 1.89. The van der Waals surface area contributed by atoms with Gasteiger partial charge in [-0.15, -0.1) is 0 Å². The van der Waals surface area contributed by atoms with Gasteiger partial charge < -0.3 is 10.6 Å². The van der Waals surface area contributed by atoms with Crippen LogP contribution in [0.5, 0.6) is 0 Å². The molecule has 0 amide bonds. The van der Waals surface area contributed by atoms with Gasteiger partial charge in [-0.05, 0) is 32.5 Å². The zero-order chi connectivity index (χ0) is 11.8. The van der Waals surface area contributed by atoms with Crippen LogP contribution in [-0.2, 0) is 6.54 Å². The van der Waals surface area contributed by atoms with Crippen LogP contribution in [0.2, 0.25) is 0 Å². The highest BCUT2D eigenvalue weighted by Gasteiger charge is 1.98. The largest absolute Gasteiger partial charge is 0.388 e. The average Bonchev–Trinajstić information content (AvgIpc) is 2.25. The molecule has 2 N–H and O–H groups in total. The summed E-state index contributed by atoms with van der Waals surface area (Å²) in [5, 5.41) is 0. The second-order valence-corrected chi connectivity index (χ2v) is 4.10. The molecule has 1 aromatic carbocycles. The lowest BCUT2D eigenvalue weighted by Crippen LogP contribution is -2.20. The van der Waals surface area contributed by atoms with Gasteiger partial charge in [-0.25, -0.2) is 0 Å². The molecule has 0 heterocycles. The van der Waals surface area contributed by atoms with Gasteiger partial charge in [0.2, 0.25) is 0 Å². The molecular formula is C13H21N3. The topological polar surface area (TPSA) is 41.6 Å². The van der Waals surface area contributed by atoms with Crippen LogP contribution in [0.15, 0.2) is 35.3 Å². The summed E-state index contributed by atoms with van der Waals surface area (Å²) >= 11 is 0. The highest BCUT2D eigenvalue weighted by atomic mass is 15.1. The van der Waals surface area contributed by atoms with Crippen LogP contribution >= 0.6 is 0 Å². The van der Waals surface area contributed by atoms with Gasteiger partial charge in [-0.3, -0.25) is 4.99 Å². The average molecular weight is 219 g/mol. The monoisotopic (exact) mass is 219 g/mol. The molecule has 0 unspecified atom stereocenters. The zero-order valence-electron chi connectivity index (χ0n) is 10.2. The first-order chi connectivity index (χ1) is 7.68. The molecule has 0 atom stereocenters. The number of hydrogen-bond donors (Lipinski definition) is 1. The van der Waals surface area contributed by atoms with Crippen molar-refractivity contribution in [3.8, 4) is 0 Å². The Kier molecular flexibility index (Phi) is 5.57. The van der Waals surface area contributed by atoms with E-state index in [4.69, 9.17) is 5.73 Å². The van der Waals surface area contributed by atoms with Crippen molar-refractivity contribution in [3.63, 3.8) is 0 Å². The van der Waals surface area contributed by atoms with Crippen LogP contribution in [0.4, 0.5) is 0 Å². The second kappa shape index (κ2) is 7.01. The quantitative estimate of drug-likeness (QED) is 0.451. The van der Waals surface area contributed by atoms with Gasteiger partial charge in [-0.1, -0.05) is 30.3 Å². The highest BCUT2D eigenvalue weighted by molar-refractivity contribution is 5.77. The van der Waals surface area contributed by atoms with Crippen LogP contribution in [0.3, 0.4) is 0 Å². The minimum absolute atomic E-state index is 0.672. The number of amidine groups is 1. The van der Waals surface area contributed by atoms with E-state index in [1.54, 1.807) is 0 Å². The molecule has 0 saturated heterocycles. The zero-order valence-corrected chi connectivity index (χ0v) is 10.2. The van der Waals surface area contributed by atoms with E-state index in [1.807, 2.05) is 13.0 Å². The van der Waals surface area contributed by atoms with Crippen molar-refractivity contribution < 1.29 is 0 Å². The van der Waals surface area contributed by atoms with Crippen LogP contribution < -0.4 is 5.73 Å². The molecule has 1 aromatic rings. The maximum atomic E-state index is 5.47. The molecule has 0 aliphatic heterocycles. The summed E-state index contributed by atoms with van der Waals surface area (Å²) in [5.41, 5.74) is 6.82. The summed E-state index contributed by atoms with van der Waals surface area (Å²) in [6.07, 6.45) is 1.05. The summed E-state index contributed by atoms with van der Waals surface area (Å²) in [7, 11) is 2.13. The van der Waals surface area contributed by atoms with Crippen molar-refractivity contribution in [3.05, 3.63) is 35.9 Å². The lowest BCUT2D eigenvalue weighted by molar-refractivity contribution is 0.324. The van der Waals surface area contributed by atoms with Crippen molar-refractivity contribution >= 4 is 5.84 Å². The van der Waals surface area contributed by atoms with E-state index in [9.17, 15) is 0 Å². The van der Waals surface area contributed by atoms with Gasteiger partial charge in [0.25, 0.3) is 0 Å². The number of aliphatic imine (C=N–C) groups is 1. The fourth-order valence-corrected chi connectivity index (χ4v) is 1.57. The standard InChI is InChI=1S/C13H21N3/c1-12(14)15-9-6-10-16(2)11-13-7-4-3-5-8-13/h3-5,7-8H,6,9-11H2,1-2H3,(H2,14,15). The van der Waals surface area contributed by atoms with E-state index in [-0.39, 0.29) is 0 Å². The minimum atomic E-state index is 0.672. The van der Waals surface area contributed by atoms with Crippen LogP contribution in [0, 0.1) is 0 Å². The lowest BCUT2D eigenvalue weighted by atomic mass is 10.2. The van der Waals surface area contributed by atoms with Gasteiger partial charge in [-0.2, -0.15) is 0 Å². The third-order valence-electron chi connectivity index (χ3n) is 2.35. The Balaban J connectivity index is 2.21. The minimum Gasteiger partial charge on any atom is -0.388 e. The molecule has 16 heavy (non-hydrogen) atoms. The van der Waals surface area contributed by atoms with E-state index in [1.165, 1.54) is 5.56 Å². The van der Waals surface area contributed by atoms with Crippen LogP contribution in [0.1, 0.15) is 18.9 Å². The van der Waals surface area contributed by atoms with E-state index < -0.39 is 0 Å². The Bertz CT molecular complexity index is 315. The molecule has 0 aliphatic rings. The summed E-state index contributed by atoms with van der Waals surface area (Å²) in [6, 6.07) is 10.5. The molecule has 0 aromatic heterocycles. The second-order valence-electron chi connectivity index (χ2n) is 4.10. The summed E-state index contributed by atoms with van der Waals surface area (Å²) < 4.78 is 0. The summed E-state index contributed by atoms with van der Waals surface area (Å²) in [5.74, 6) is 0.672. The Morgan fingerprint density at radius 1 is 1.31 bits per heavy atom. The molecule has 88 valence electrons. The summed E-state index contributed by atoms with van der Waals surface area (Å²) in [4.78, 5) is 6.47. The molecular weight excluding hydrogens is 198 g/mol. The van der Waals surface area contributed by atoms with Crippen molar-refractivity contribution in [1.82, 2.24) is 4.90 Å². The van der Waals surface area contributed by atoms with Gasteiger partial charge in [0.15, 0.2) is 0 Å².